The van der Waals surface area contributed by atoms with Crippen molar-refractivity contribution in [1.29, 1.82) is 0 Å². The Morgan fingerprint density at radius 3 is 2.47 bits per heavy atom. The molecule has 0 radical (unpaired) electrons. The molecule has 162 valence electrons. The summed E-state index contributed by atoms with van der Waals surface area (Å²) in [6, 6.07) is 19.9. The normalized spacial score (nSPS) is 11.8. The van der Waals surface area contributed by atoms with E-state index >= 15 is 0 Å². The molecule has 4 rings (SSSR count). The van der Waals surface area contributed by atoms with Crippen LogP contribution in [0.15, 0.2) is 84.1 Å². The molecular formula is C23H17F3N4O2. The number of alkyl halides is 3. The molecule has 1 aromatic heterocycles. The molecule has 0 aliphatic rings. The highest BCUT2D eigenvalue weighted by atomic mass is 19.4. The van der Waals surface area contributed by atoms with E-state index in [1.54, 1.807) is 0 Å². The number of benzene rings is 3. The predicted molar refractivity (Wildman–Crippen MR) is 117 cm³/mol. The Labute approximate surface area is 180 Å². The number of para-hydroxylation sites is 1. The lowest BCUT2D eigenvalue weighted by molar-refractivity contribution is -0.384. The highest BCUT2D eigenvalue weighted by molar-refractivity contribution is 5.99. The molecule has 0 saturated heterocycles. The van der Waals surface area contributed by atoms with Gasteiger partial charge in [-0.3, -0.25) is 15.5 Å². The van der Waals surface area contributed by atoms with Crippen LogP contribution in [0, 0.1) is 10.1 Å². The van der Waals surface area contributed by atoms with Gasteiger partial charge >= 0.3 is 6.18 Å². The zero-order valence-corrected chi connectivity index (χ0v) is 16.6. The SMILES string of the molecule is O=[N+]([O-])c1cc(C(F)(F)F)ccc1N/N=C\c1cn(Cc2ccccc2)c2ccccc12. The Bertz CT molecular complexity index is 1300. The largest absolute Gasteiger partial charge is 0.416 e. The fourth-order valence-electron chi connectivity index (χ4n) is 3.41. The van der Waals surface area contributed by atoms with Crippen LogP contribution < -0.4 is 5.43 Å². The number of nitro benzene ring substituents is 1. The van der Waals surface area contributed by atoms with E-state index in [2.05, 4.69) is 15.1 Å². The van der Waals surface area contributed by atoms with Crippen molar-refractivity contribution < 1.29 is 18.1 Å². The minimum Gasteiger partial charge on any atom is -0.342 e. The first-order valence-corrected chi connectivity index (χ1v) is 9.59. The number of anilines is 1. The topological polar surface area (TPSA) is 72.5 Å². The molecule has 0 bridgehead atoms. The average Bonchev–Trinajstić information content (AvgIpc) is 3.11. The van der Waals surface area contributed by atoms with Gasteiger partial charge in [0.1, 0.15) is 5.69 Å². The molecule has 0 aliphatic carbocycles. The van der Waals surface area contributed by atoms with Crippen LogP contribution in [0.3, 0.4) is 0 Å². The smallest absolute Gasteiger partial charge is 0.342 e. The first-order chi connectivity index (χ1) is 15.3. The zero-order valence-electron chi connectivity index (χ0n) is 16.6. The van der Waals surface area contributed by atoms with Gasteiger partial charge in [0, 0.05) is 35.3 Å². The van der Waals surface area contributed by atoms with Crippen molar-refractivity contribution in [2.24, 2.45) is 5.10 Å². The summed E-state index contributed by atoms with van der Waals surface area (Å²) in [6.45, 7) is 0.646. The minimum absolute atomic E-state index is 0.132. The van der Waals surface area contributed by atoms with Gasteiger partial charge in [0.25, 0.3) is 5.69 Å². The summed E-state index contributed by atoms with van der Waals surface area (Å²) in [4.78, 5) is 10.4. The fourth-order valence-corrected chi connectivity index (χ4v) is 3.41. The van der Waals surface area contributed by atoms with Crippen molar-refractivity contribution in [2.75, 3.05) is 5.43 Å². The maximum Gasteiger partial charge on any atom is 0.416 e. The van der Waals surface area contributed by atoms with Crippen LogP contribution in [0.2, 0.25) is 0 Å². The van der Waals surface area contributed by atoms with Gasteiger partial charge in [-0.2, -0.15) is 18.3 Å². The van der Waals surface area contributed by atoms with Crippen LogP contribution in [0.4, 0.5) is 24.5 Å². The van der Waals surface area contributed by atoms with E-state index in [1.165, 1.54) is 6.21 Å². The number of fused-ring (bicyclic) bond motifs is 1. The fraction of sp³-hybridized carbons (Fsp3) is 0.0870. The lowest BCUT2D eigenvalue weighted by atomic mass is 10.1. The molecule has 0 aliphatic heterocycles. The lowest BCUT2D eigenvalue weighted by Gasteiger charge is -2.08. The number of halogens is 3. The van der Waals surface area contributed by atoms with E-state index in [1.807, 2.05) is 60.8 Å². The highest BCUT2D eigenvalue weighted by Crippen LogP contribution is 2.35. The molecule has 1 N–H and O–H groups in total. The number of nitrogens with zero attached hydrogens (tertiary/aromatic N) is 3. The molecule has 32 heavy (non-hydrogen) atoms. The van der Waals surface area contributed by atoms with Crippen LogP contribution >= 0.6 is 0 Å². The summed E-state index contributed by atoms with van der Waals surface area (Å²) >= 11 is 0. The molecule has 0 saturated carbocycles. The number of nitro groups is 1. The molecule has 1 heterocycles. The quantitative estimate of drug-likeness (QED) is 0.226. The van der Waals surface area contributed by atoms with Crippen molar-refractivity contribution in [3.8, 4) is 0 Å². The van der Waals surface area contributed by atoms with E-state index in [4.69, 9.17) is 0 Å². The van der Waals surface area contributed by atoms with E-state index in [9.17, 15) is 23.3 Å². The molecule has 3 aromatic carbocycles. The molecule has 0 amide bonds. The van der Waals surface area contributed by atoms with Gasteiger partial charge in [-0.05, 0) is 23.8 Å². The molecule has 0 unspecified atom stereocenters. The number of hydrazone groups is 1. The van der Waals surface area contributed by atoms with Crippen molar-refractivity contribution >= 4 is 28.5 Å². The van der Waals surface area contributed by atoms with Crippen molar-refractivity contribution in [3.63, 3.8) is 0 Å². The second-order valence-electron chi connectivity index (χ2n) is 7.07. The van der Waals surface area contributed by atoms with Gasteiger partial charge in [-0.1, -0.05) is 48.5 Å². The number of hydrogen-bond acceptors (Lipinski definition) is 4. The van der Waals surface area contributed by atoms with Crippen LogP contribution in [0.1, 0.15) is 16.7 Å². The number of nitrogens with one attached hydrogen (secondary N) is 1. The number of aromatic nitrogens is 1. The minimum atomic E-state index is -4.67. The van der Waals surface area contributed by atoms with Gasteiger partial charge < -0.3 is 4.57 Å². The van der Waals surface area contributed by atoms with Crippen LogP contribution in [0.25, 0.3) is 10.9 Å². The molecule has 0 spiro atoms. The van der Waals surface area contributed by atoms with Crippen molar-refractivity contribution in [3.05, 3.63) is 106 Å². The Kier molecular flexibility index (Phi) is 5.63. The Morgan fingerprint density at radius 1 is 1.03 bits per heavy atom. The zero-order chi connectivity index (χ0) is 22.7. The molecule has 9 heteroatoms. The van der Waals surface area contributed by atoms with Gasteiger partial charge in [0.05, 0.1) is 16.7 Å². The summed E-state index contributed by atoms with van der Waals surface area (Å²) in [5.41, 5.74) is 3.43. The van der Waals surface area contributed by atoms with E-state index in [0.717, 1.165) is 34.2 Å². The van der Waals surface area contributed by atoms with E-state index in [-0.39, 0.29) is 5.69 Å². The summed E-state index contributed by atoms with van der Waals surface area (Å²) in [5.74, 6) is 0. The van der Waals surface area contributed by atoms with Crippen LogP contribution in [-0.2, 0) is 12.7 Å². The third-order valence-electron chi connectivity index (χ3n) is 4.93. The van der Waals surface area contributed by atoms with Gasteiger partial charge in [-0.25, -0.2) is 0 Å². The third kappa shape index (κ3) is 4.46. The Hall–Kier alpha value is -4.14. The lowest BCUT2D eigenvalue weighted by Crippen LogP contribution is -2.06. The Balaban J connectivity index is 1.62. The Morgan fingerprint density at radius 2 is 1.75 bits per heavy atom. The summed E-state index contributed by atoms with van der Waals surface area (Å²) in [6.07, 6.45) is -1.28. The predicted octanol–water partition coefficient (Wildman–Crippen LogP) is 6.06. The molecule has 6 nitrogen and oxygen atoms in total. The van der Waals surface area contributed by atoms with E-state index in [0.29, 0.717) is 12.6 Å². The average molecular weight is 438 g/mol. The first-order valence-electron chi connectivity index (χ1n) is 9.59. The first kappa shape index (κ1) is 21.1. The van der Waals surface area contributed by atoms with Crippen LogP contribution in [-0.4, -0.2) is 15.7 Å². The second kappa shape index (κ2) is 8.54. The maximum atomic E-state index is 12.9. The summed E-state index contributed by atoms with van der Waals surface area (Å²) in [5, 5.41) is 16.2. The van der Waals surface area contributed by atoms with Gasteiger partial charge in [-0.15, -0.1) is 0 Å². The molecule has 4 aromatic rings. The maximum absolute atomic E-state index is 12.9. The van der Waals surface area contributed by atoms with Gasteiger partial charge in [0.15, 0.2) is 0 Å². The van der Waals surface area contributed by atoms with Crippen molar-refractivity contribution in [1.82, 2.24) is 4.57 Å². The standard InChI is InChI=1S/C23H17F3N4O2/c24-23(25,26)18-10-11-20(22(12-18)30(31)32)28-27-13-17-15-29(14-16-6-2-1-3-7-16)21-9-5-4-8-19(17)21/h1-13,15,28H,14H2/b27-13-. The summed E-state index contributed by atoms with van der Waals surface area (Å²) in [7, 11) is 0. The summed E-state index contributed by atoms with van der Waals surface area (Å²) < 4.78 is 40.7. The van der Waals surface area contributed by atoms with Crippen LogP contribution in [0.5, 0.6) is 0 Å². The highest BCUT2D eigenvalue weighted by Gasteiger charge is 2.33. The second-order valence-corrected chi connectivity index (χ2v) is 7.07. The molecule has 0 fully saturated rings. The monoisotopic (exact) mass is 438 g/mol. The van der Waals surface area contributed by atoms with Crippen molar-refractivity contribution in [2.45, 2.75) is 12.7 Å². The third-order valence-corrected chi connectivity index (χ3v) is 4.93. The molecule has 0 atom stereocenters. The number of hydrogen-bond donors (Lipinski definition) is 1. The molecular weight excluding hydrogens is 421 g/mol. The van der Waals surface area contributed by atoms with E-state index < -0.39 is 22.4 Å². The van der Waals surface area contributed by atoms with Gasteiger partial charge in [0.2, 0.25) is 0 Å². The number of rotatable bonds is 6.